The molecule has 0 radical (unpaired) electrons. The lowest BCUT2D eigenvalue weighted by atomic mass is 10.1. The third kappa shape index (κ3) is 4.60. The van der Waals surface area contributed by atoms with Gasteiger partial charge in [-0.25, -0.2) is 4.98 Å². The summed E-state index contributed by atoms with van der Waals surface area (Å²) >= 11 is 1.51. The summed E-state index contributed by atoms with van der Waals surface area (Å²) in [4.78, 5) is 25.6. The third-order valence-corrected chi connectivity index (χ3v) is 4.90. The van der Waals surface area contributed by atoms with E-state index in [0.717, 1.165) is 10.6 Å². The molecule has 1 aliphatic heterocycles. The minimum Gasteiger partial charge on any atom is -0.395 e. The molecule has 3 rings (SSSR count). The van der Waals surface area contributed by atoms with E-state index in [1.54, 1.807) is 23.5 Å². The molecule has 8 heteroatoms. The molecule has 0 saturated carbocycles. The molecule has 25 heavy (non-hydrogen) atoms. The first-order chi connectivity index (χ1) is 12.3. The number of hydrogen-bond donors (Lipinski definition) is 1. The lowest BCUT2D eigenvalue weighted by Crippen LogP contribution is -2.47. The van der Waals surface area contributed by atoms with Crippen molar-refractivity contribution in [2.24, 2.45) is 0 Å². The van der Waals surface area contributed by atoms with Gasteiger partial charge in [-0.3, -0.25) is 14.7 Å². The Hall–Kier alpha value is -1.87. The molecule has 1 amide bonds. The van der Waals surface area contributed by atoms with E-state index in [2.05, 4.69) is 14.9 Å². The lowest BCUT2D eigenvalue weighted by molar-refractivity contribution is -0.140. The first-order valence-electron chi connectivity index (χ1n) is 8.29. The number of nitrogens with zero attached hydrogens (tertiary/aromatic N) is 4. The van der Waals surface area contributed by atoms with Gasteiger partial charge in [-0.2, -0.15) is 0 Å². The summed E-state index contributed by atoms with van der Waals surface area (Å²) in [5.74, 6) is -0.0425. The quantitative estimate of drug-likeness (QED) is 0.790. The van der Waals surface area contributed by atoms with Crippen molar-refractivity contribution in [2.45, 2.75) is 12.6 Å². The second kappa shape index (κ2) is 9.00. The standard InChI is InChI=1S/C17H22N4O3S/c22-8-5-21(13-15-19-4-11-25-15)17(23)16(14-2-1-3-18-12-14)20-6-9-24-10-7-20/h1-4,11-12,16,22H,5-10,13H2/t16-/m0/s1. The highest BCUT2D eigenvalue weighted by Crippen LogP contribution is 2.25. The largest absolute Gasteiger partial charge is 0.395 e. The number of pyridine rings is 1. The fourth-order valence-electron chi connectivity index (χ4n) is 2.94. The van der Waals surface area contributed by atoms with Gasteiger partial charge in [0.05, 0.1) is 26.4 Å². The van der Waals surface area contributed by atoms with Crippen LogP contribution in [0.3, 0.4) is 0 Å². The highest BCUT2D eigenvalue weighted by molar-refractivity contribution is 7.09. The zero-order valence-electron chi connectivity index (χ0n) is 14.0. The number of hydrogen-bond acceptors (Lipinski definition) is 7. The Balaban J connectivity index is 1.85. The SMILES string of the molecule is O=C([C@H](c1cccnc1)N1CCOCC1)N(CCO)Cc1nccs1. The van der Waals surface area contributed by atoms with Gasteiger partial charge in [0, 0.05) is 43.6 Å². The molecule has 134 valence electrons. The smallest absolute Gasteiger partial charge is 0.245 e. The number of aliphatic hydroxyl groups is 1. The molecule has 2 aromatic heterocycles. The van der Waals surface area contributed by atoms with E-state index in [1.165, 1.54) is 11.3 Å². The summed E-state index contributed by atoms with van der Waals surface area (Å²) in [5, 5.41) is 12.2. The molecular formula is C17H22N4O3S. The van der Waals surface area contributed by atoms with Gasteiger partial charge >= 0.3 is 0 Å². The number of thiazole rings is 1. The molecule has 0 bridgehead atoms. The number of ether oxygens (including phenoxy) is 1. The molecule has 0 aliphatic carbocycles. The van der Waals surface area contributed by atoms with Crippen LogP contribution in [0.5, 0.6) is 0 Å². The maximum Gasteiger partial charge on any atom is 0.245 e. The predicted molar refractivity (Wildman–Crippen MR) is 94.0 cm³/mol. The van der Waals surface area contributed by atoms with E-state index in [0.29, 0.717) is 32.8 Å². The van der Waals surface area contributed by atoms with Crippen LogP contribution in [-0.4, -0.2) is 70.2 Å². The maximum absolute atomic E-state index is 13.3. The molecule has 1 aliphatic rings. The van der Waals surface area contributed by atoms with Crippen molar-refractivity contribution in [3.8, 4) is 0 Å². The highest BCUT2D eigenvalue weighted by atomic mass is 32.1. The van der Waals surface area contributed by atoms with E-state index in [1.807, 2.05) is 17.5 Å². The van der Waals surface area contributed by atoms with Gasteiger partial charge in [-0.1, -0.05) is 6.07 Å². The fourth-order valence-corrected chi connectivity index (χ4v) is 3.57. The summed E-state index contributed by atoms with van der Waals surface area (Å²) in [5.41, 5.74) is 0.858. The van der Waals surface area contributed by atoms with Gasteiger partial charge in [0.25, 0.3) is 0 Å². The molecule has 0 spiro atoms. The minimum atomic E-state index is -0.427. The number of rotatable bonds is 7. The van der Waals surface area contributed by atoms with Crippen LogP contribution in [0.1, 0.15) is 16.6 Å². The van der Waals surface area contributed by atoms with Crippen molar-refractivity contribution >= 4 is 17.2 Å². The number of aromatic nitrogens is 2. The summed E-state index contributed by atoms with van der Waals surface area (Å²) < 4.78 is 5.43. The van der Waals surface area contributed by atoms with Crippen LogP contribution in [0.2, 0.25) is 0 Å². The van der Waals surface area contributed by atoms with Crippen LogP contribution in [0, 0.1) is 0 Å². The van der Waals surface area contributed by atoms with Crippen molar-refractivity contribution in [1.29, 1.82) is 0 Å². The van der Waals surface area contributed by atoms with E-state index >= 15 is 0 Å². The summed E-state index contributed by atoms with van der Waals surface area (Å²) in [7, 11) is 0. The van der Waals surface area contributed by atoms with Gasteiger partial charge in [-0.05, 0) is 11.6 Å². The maximum atomic E-state index is 13.3. The molecule has 1 fully saturated rings. The molecule has 7 nitrogen and oxygen atoms in total. The Morgan fingerprint density at radius 2 is 2.24 bits per heavy atom. The van der Waals surface area contributed by atoms with Crippen molar-refractivity contribution < 1.29 is 14.6 Å². The van der Waals surface area contributed by atoms with Gasteiger partial charge in [-0.15, -0.1) is 11.3 Å². The molecule has 1 N–H and O–H groups in total. The van der Waals surface area contributed by atoms with Crippen LogP contribution in [0.25, 0.3) is 0 Å². The average molecular weight is 362 g/mol. The summed E-state index contributed by atoms with van der Waals surface area (Å²) in [6.07, 6.45) is 5.16. The van der Waals surface area contributed by atoms with Crippen molar-refractivity contribution in [1.82, 2.24) is 19.8 Å². The van der Waals surface area contributed by atoms with Crippen molar-refractivity contribution in [3.63, 3.8) is 0 Å². The van der Waals surface area contributed by atoms with Gasteiger partial charge in [0.15, 0.2) is 0 Å². The molecule has 1 atom stereocenters. The fraction of sp³-hybridized carbons (Fsp3) is 0.471. The summed E-state index contributed by atoms with van der Waals surface area (Å²) in [6.45, 7) is 3.19. The first-order valence-corrected chi connectivity index (χ1v) is 9.17. The Bertz CT molecular complexity index is 647. The van der Waals surface area contributed by atoms with Crippen LogP contribution in [-0.2, 0) is 16.1 Å². The molecule has 2 aromatic rings. The van der Waals surface area contributed by atoms with Gasteiger partial charge in [0.1, 0.15) is 11.0 Å². The lowest BCUT2D eigenvalue weighted by Gasteiger charge is -2.36. The van der Waals surface area contributed by atoms with Gasteiger partial charge in [0.2, 0.25) is 5.91 Å². The average Bonchev–Trinajstić information content (AvgIpc) is 3.16. The summed E-state index contributed by atoms with van der Waals surface area (Å²) in [6, 6.07) is 3.34. The zero-order valence-corrected chi connectivity index (χ0v) is 14.8. The van der Waals surface area contributed by atoms with Crippen LogP contribution < -0.4 is 0 Å². The Kier molecular flexibility index (Phi) is 6.46. The van der Waals surface area contributed by atoms with E-state index in [4.69, 9.17) is 4.74 Å². The Labute approximate surface area is 150 Å². The third-order valence-electron chi connectivity index (χ3n) is 4.14. The predicted octanol–water partition coefficient (Wildman–Crippen LogP) is 0.932. The Morgan fingerprint density at radius 3 is 2.88 bits per heavy atom. The molecular weight excluding hydrogens is 340 g/mol. The number of aliphatic hydroxyl groups excluding tert-OH is 1. The van der Waals surface area contributed by atoms with E-state index in [9.17, 15) is 9.90 Å². The minimum absolute atomic E-state index is 0.0425. The first kappa shape index (κ1) is 17.9. The number of amides is 1. The second-order valence-electron chi connectivity index (χ2n) is 5.75. The topological polar surface area (TPSA) is 78.8 Å². The molecule has 0 unspecified atom stereocenters. The molecule has 0 aromatic carbocycles. The number of carbonyl (C=O) groups excluding carboxylic acids is 1. The Morgan fingerprint density at radius 1 is 1.40 bits per heavy atom. The van der Waals surface area contributed by atoms with Crippen LogP contribution in [0.4, 0.5) is 0 Å². The molecule has 3 heterocycles. The van der Waals surface area contributed by atoms with Crippen LogP contribution in [0.15, 0.2) is 36.1 Å². The van der Waals surface area contributed by atoms with E-state index in [-0.39, 0.29) is 19.1 Å². The number of carbonyl (C=O) groups is 1. The van der Waals surface area contributed by atoms with Gasteiger partial charge < -0.3 is 14.7 Å². The van der Waals surface area contributed by atoms with E-state index < -0.39 is 6.04 Å². The monoisotopic (exact) mass is 362 g/mol. The van der Waals surface area contributed by atoms with Crippen molar-refractivity contribution in [3.05, 3.63) is 46.7 Å². The zero-order chi connectivity index (χ0) is 17.5. The van der Waals surface area contributed by atoms with Crippen molar-refractivity contribution in [2.75, 3.05) is 39.5 Å². The highest BCUT2D eigenvalue weighted by Gasteiger charge is 2.32. The normalized spacial score (nSPS) is 16.5. The molecule has 1 saturated heterocycles. The van der Waals surface area contributed by atoms with Crippen LogP contribution >= 0.6 is 11.3 Å². The number of morpholine rings is 1. The second-order valence-corrected chi connectivity index (χ2v) is 6.73.